The first kappa shape index (κ1) is 13.4. The van der Waals surface area contributed by atoms with Crippen molar-refractivity contribution in [2.24, 2.45) is 0 Å². The zero-order valence-corrected chi connectivity index (χ0v) is 11.6. The SMILES string of the molecule is O=C1O/[N+](=C\c2ccc(Cl)cc2)C([O-])=C1c1ccccc1. The third-order valence-electron chi connectivity index (χ3n) is 3.00. The molecular weight excluding hydrogens is 290 g/mol. The summed E-state index contributed by atoms with van der Waals surface area (Å²) in [6.07, 6.45) is 1.45. The Morgan fingerprint density at radius 1 is 1.05 bits per heavy atom. The van der Waals surface area contributed by atoms with E-state index in [1.165, 1.54) is 6.21 Å². The van der Waals surface area contributed by atoms with Gasteiger partial charge in [-0.1, -0.05) is 41.9 Å². The zero-order valence-electron chi connectivity index (χ0n) is 10.8. The molecule has 0 atom stereocenters. The number of nitrogens with zero attached hydrogens (tertiary/aromatic N) is 1. The lowest BCUT2D eigenvalue weighted by Crippen LogP contribution is -2.18. The molecule has 0 aromatic heterocycles. The third kappa shape index (κ3) is 2.66. The fourth-order valence-corrected chi connectivity index (χ4v) is 2.12. The predicted octanol–water partition coefficient (Wildman–Crippen LogP) is 1.97. The molecule has 21 heavy (non-hydrogen) atoms. The standard InChI is InChI=1S/C16H10ClNO3/c17-13-8-6-11(7-9-13)10-18-15(19)14(16(20)21-18)12-4-2-1-3-5-12/h1-10H/b18-10-. The smallest absolute Gasteiger partial charge is 0.417 e. The van der Waals surface area contributed by atoms with Crippen LogP contribution in [0.2, 0.25) is 5.02 Å². The van der Waals surface area contributed by atoms with Gasteiger partial charge in [0.2, 0.25) is 12.1 Å². The minimum Gasteiger partial charge on any atom is -0.819 e. The van der Waals surface area contributed by atoms with E-state index in [0.29, 0.717) is 16.1 Å². The summed E-state index contributed by atoms with van der Waals surface area (Å²) in [4.78, 5) is 16.9. The Hall–Kier alpha value is -2.59. The van der Waals surface area contributed by atoms with Gasteiger partial charge in [-0.25, -0.2) is 4.79 Å². The maximum absolute atomic E-state index is 12.3. The molecule has 0 bridgehead atoms. The van der Waals surface area contributed by atoms with Gasteiger partial charge >= 0.3 is 5.97 Å². The zero-order chi connectivity index (χ0) is 14.8. The molecule has 0 spiro atoms. The number of halogens is 1. The maximum atomic E-state index is 12.3. The number of hydrogen-bond donors (Lipinski definition) is 0. The number of rotatable bonds is 2. The summed E-state index contributed by atoms with van der Waals surface area (Å²) in [5, 5.41) is 12.9. The van der Waals surface area contributed by atoms with Gasteiger partial charge in [-0.05, 0) is 29.8 Å². The first-order valence-corrected chi connectivity index (χ1v) is 6.61. The lowest BCUT2D eigenvalue weighted by atomic mass is 10.1. The van der Waals surface area contributed by atoms with Crippen molar-refractivity contribution in [2.45, 2.75) is 0 Å². The van der Waals surface area contributed by atoms with E-state index >= 15 is 0 Å². The van der Waals surface area contributed by atoms with Gasteiger partial charge in [-0.15, -0.1) is 0 Å². The molecule has 2 aromatic carbocycles. The predicted molar refractivity (Wildman–Crippen MR) is 76.3 cm³/mol. The van der Waals surface area contributed by atoms with Crippen molar-refractivity contribution in [2.75, 3.05) is 0 Å². The van der Waals surface area contributed by atoms with Crippen LogP contribution in [-0.4, -0.2) is 16.9 Å². The Balaban J connectivity index is 2.01. The Morgan fingerprint density at radius 3 is 2.38 bits per heavy atom. The van der Waals surface area contributed by atoms with Crippen LogP contribution < -0.4 is 5.11 Å². The van der Waals surface area contributed by atoms with Crippen molar-refractivity contribution in [1.82, 2.24) is 0 Å². The van der Waals surface area contributed by atoms with E-state index in [1.54, 1.807) is 48.5 Å². The fraction of sp³-hybridized carbons (Fsp3) is 0. The van der Waals surface area contributed by atoms with Crippen LogP contribution >= 0.6 is 11.6 Å². The van der Waals surface area contributed by atoms with Crippen LogP contribution in [0.15, 0.2) is 60.5 Å². The van der Waals surface area contributed by atoms with Gasteiger partial charge < -0.3 is 5.11 Å². The van der Waals surface area contributed by atoms with Crippen LogP contribution in [0, 0.1) is 0 Å². The molecule has 0 aliphatic carbocycles. The van der Waals surface area contributed by atoms with E-state index < -0.39 is 11.9 Å². The van der Waals surface area contributed by atoms with Gasteiger partial charge in [0.05, 0.1) is 0 Å². The molecule has 3 rings (SSSR count). The topological polar surface area (TPSA) is 52.4 Å². The van der Waals surface area contributed by atoms with Crippen LogP contribution in [0.4, 0.5) is 0 Å². The van der Waals surface area contributed by atoms with E-state index in [0.717, 1.165) is 4.74 Å². The monoisotopic (exact) mass is 299 g/mol. The molecule has 1 aliphatic heterocycles. The summed E-state index contributed by atoms with van der Waals surface area (Å²) in [6.45, 7) is 0. The first-order chi connectivity index (χ1) is 10.1. The van der Waals surface area contributed by atoms with E-state index in [1.807, 2.05) is 6.07 Å². The Morgan fingerprint density at radius 2 is 1.71 bits per heavy atom. The maximum Gasteiger partial charge on any atom is 0.417 e. The summed E-state index contributed by atoms with van der Waals surface area (Å²) in [7, 11) is 0. The molecule has 4 nitrogen and oxygen atoms in total. The Kier molecular flexibility index (Phi) is 3.46. The van der Waals surface area contributed by atoms with Crippen LogP contribution in [0.1, 0.15) is 11.1 Å². The summed E-state index contributed by atoms with van der Waals surface area (Å²) >= 11 is 5.80. The molecule has 0 saturated carbocycles. The largest absolute Gasteiger partial charge is 0.819 e. The second-order valence-corrected chi connectivity index (χ2v) is 4.87. The molecule has 5 heteroatoms. The van der Waals surface area contributed by atoms with Gasteiger partial charge in [-0.2, -0.15) is 4.84 Å². The highest BCUT2D eigenvalue weighted by molar-refractivity contribution is 6.30. The molecule has 0 N–H and O–H groups in total. The van der Waals surface area contributed by atoms with Gasteiger partial charge in [0.1, 0.15) is 5.57 Å². The van der Waals surface area contributed by atoms with Crippen LogP contribution in [0.25, 0.3) is 5.57 Å². The average Bonchev–Trinajstić information content (AvgIpc) is 2.77. The second kappa shape index (κ2) is 5.42. The van der Waals surface area contributed by atoms with Gasteiger partial charge in [0.25, 0.3) is 0 Å². The van der Waals surface area contributed by atoms with Crippen molar-refractivity contribution in [1.29, 1.82) is 0 Å². The van der Waals surface area contributed by atoms with Crippen LogP contribution in [-0.2, 0) is 9.63 Å². The van der Waals surface area contributed by atoms with Crippen LogP contribution in [0.3, 0.4) is 0 Å². The molecule has 0 saturated heterocycles. The molecule has 1 aliphatic rings. The van der Waals surface area contributed by atoms with Gasteiger partial charge in [-0.3, -0.25) is 0 Å². The Bertz CT molecular complexity index is 749. The van der Waals surface area contributed by atoms with Crippen LogP contribution in [0.5, 0.6) is 0 Å². The molecule has 0 amide bonds. The molecule has 1 heterocycles. The summed E-state index contributed by atoms with van der Waals surface area (Å²) in [5.74, 6) is -1.14. The highest BCUT2D eigenvalue weighted by Gasteiger charge is 2.33. The number of carbonyl (C=O) groups is 1. The van der Waals surface area contributed by atoms with Crippen molar-refractivity contribution >= 4 is 29.4 Å². The normalized spacial score (nSPS) is 16.4. The van der Waals surface area contributed by atoms with Crippen molar-refractivity contribution < 1.29 is 19.5 Å². The first-order valence-electron chi connectivity index (χ1n) is 6.24. The molecular formula is C16H10ClNO3. The molecule has 0 unspecified atom stereocenters. The van der Waals surface area contributed by atoms with Gasteiger partial charge in [0.15, 0.2) is 0 Å². The molecule has 0 fully saturated rings. The lowest BCUT2D eigenvalue weighted by Gasteiger charge is -2.00. The molecule has 2 aromatic rings. The van der Waals surface area contributed by atoms with Gasteiger partial charge in [0, 0.05) is 15.3 Å². The molecule has 0 radical (unpaired) electrons. The van der Waals surface area contributed by atoms with E-state index in [-0.39, 0.29) is 5.57 Å². The number of hydroxylamine groups is 1. The van der Waals surface area contributed by atoms with E-state index in [9.17, 15) is 9.90 Å². The minimum atomic E-state index is -0.656. The van der Waals surface area contributed by atoms with Crippen molar-refractivity contribution in [3.05, 3.63) is 76.6 Å². The summed E-state index contributed by atoms with van der Waals surface area (Å²) in [5.41, 5.74) is 1.27. The summed E-state index contributed by atoms with van der Waals surface area (Å²) in [6, 6.07) is 15.6. The number of benzene rings is 2. The molecule has 104 valence electrons. The lowest BCUT2D eigenvalue weighted by molar-refractivity contribution is -0.770. The number of carbonyl (C=O) groups excluding carboxylic acids is 1. The Labute approximate surface area is 126 Å². The van der Waals surface area contributed by atoms with E-state index in [2.05, 4.69) is 0 Å². The van der Waals surface area contributed by atoms with Crippen molar-refractivity contribution in [3.8, 4) is 0 Å². The highest BCUT2D eigenvalue weighted by atomic mass is 35.5. The van der Waals surface area contributed by atoms with Crippen molar-refractivity contribution in [3.63, 3.8) is 0 Å². The summed E-state index contributed by atoms with van der Waals surface area (Å²) < 4.78 is 0.938. The fourth-order valence-electron chi connectivity index (χ4n) is 1.99. The highest BCUT2D eigenvalue weighted by Crippen LogP contribution is 2.24. The second-order valence-electron chi connectivity index (χ2n) is 4.43. The third-order valence-corrected chi connectivity index (χ3v) is 3.25. The minimum absolute atomic E-state index is 0.0285. The quantitative estimate of drug-likeness (QED) is 0.629. The number of hydrogen-bond acceptors (Lipinski definition) is 3. The average molecular weight is 300 g/mol. The van der Waals surface area contributed by atoms with E-state index in [4.69, 9.17) is 16.4 Å².